The van der Waals surface area contributed by atoms with E-state index in [0.717, 1.165) is 16.6 Å². The average molecular weight is 338 g/mol. The Morgan fingerprint density at radius 1 is 1.24 bits per heavy atom. The van der Waals surface area contributed by atoms with Crippen molar-refractivity contribution in [1.82, 2.24) is 4.57 Å². The summed E-state index contributed by atoms with van der Waals surface area (Å²) in [5.74, 6) is 0. The van der Waals surface area contributed by atoms with E-state index in [9.17, 15) is 8.42 Å². The number of thiophene rings is 1. The molecule has 0 aliphatic carbocycles. The highest BCUT2D eigenvalue weighted by molar-refractivity contribution is 7.92. The molecule has 21 heavy (non-hydrogen) atoms. The summed E-state index contributed by atoms with van der Waals surface area (Å²) in [5, 5.41) is 1.74. The zero-order valence-electron chi connectivity index (χ0n) is 11.6. The van der Waals surface area contributed by atoms with Crippen molar-refractivity contribution in [3.8, 4) is 0 Å². The van der Waals surface area contributed by atoms with Crippen LogP contribution in [-0.4, -0.2) is 13.0 Å². The molecule has 110 valence electrons. The number of sulfonamides is 1. The van der Waals surface area contributed by atoms with Crippen molar-refractivity contribution in [1.29, 1.82) is 0 Å². The minimum Gasteiger partial charge on any atom is -0.319 e. The summed E-state index contributed by atoms with van der Waals surface area (Å²) < 4.78 is 31.8. The fraction of sp³-hybridized carbons (Fsp3) is 0.214. The van der Waals surface area contributed by atoms with E-state index >= 15 is 0 Å². The zero-order valence-corrected chi connectivity index (χ0v) is 14.1. The molecule has 3 rings (SSSR count). The van der Waals surface area contributed by atoms with E-state index in [1.807, 2.05) is 23.7 Å². The molecular weight excluding hydrogens is 324 g/mol. The monoisotopic (exact) mass is 338 g/mol. The number of rotatable bonds is 3. The lowest BCUT2D eigenvalue weighted by Gasteiger charge is -2.01. The molecule has 2 heterocycles. The average Bonchev–Trinajstić information content (AvgIpc) is 3.08. The predicted molar refractivity (Wildman–Crippen MR) is 87.2 cm³/mol. The molecule has 0 unspecified atom stereocenters. The zero-order chi connectivity index (χ0) is 15.0. The van der Waals surface area contributed by atoms with Gasteiger partial charge in [-0.3, -0.25) is 0 Å². The fourth-order valence-electron chi connectivity index (χ4n) is 2.22. The summed E-state index contributed by atoms with van der Waals surface area (Å²) in [6.45, 7) is 2.09. The molecule has 0 aliphatic rings. The van der Waals surface area contributed by atoms with Crippen LogP contribution in [0.4, 0.5) is 0 Å². The first kappa shape index (κ1) is 14.5. The quantitative estimate of drug-likeness (QED) is 0.736. The van der Waals surface area contributed by atoms with Gasteiger partial charge in [-0.05, 0) is 29.5 Å². The van der Waals surface area contributed by atoms with E-state index < -0.39 is 10.0 Å². The predicted octanol–water partition coefficient (Wildman–Crippen LogP) is 3.15. The van der Waals surface area contributed by atoms with Gasteiger partial charge in [0.15, 0.2) is 0 Å². The minimum absolute atomic E-state index is 0.274. The van der Waals surface area contributed by atoms with Crippen LogP contribution in [-0.2, 0) is 23.5 Å². The van der Waals surface area contributed by atoms with Crippen LogP contribution in [0.15, 0.2) is 44.3 Å². The van der Waals surface area contributed by atoms with Crippen LogP contribution in [0.1, 0.15) is 12.5 Å². The Hall–Kier alpha value is -1.44. The lowest BCUT2D eigenvalue weighted by molar-refractivity contribution is 0.598. The molecule has 0 amide bonds. The third-order valence-corrected chi connectivity index (χ3v) is 7.09. The van der Waals surface area contributed by atoms with Gasteiger partial charge in [0.05, 0.1) is 10.2 Å². The van der Waals surface area contributed by atoms with Gasteiger partial charge in [0.2, 0.25) is 4.80 Å². The molecule has 0 N–H and O–H groups in total. The van der Waals surface area contributed by atoms with Crippen molar-refractivity contribution < 1.29 is 8.42 Å². The molecule has 0 saturated heterocycles. The van der Waals surface area contributed by atoms with Gasteiger partial charge in [-0.2, -0.15) is 8.42 Å². The summed E-state index contributed by atoms with van der Waals surface area (Å²) in [6.07, 6.45) is 0.902. The van der Waals surface area contributed by atoms with E-state index in [-0.39, 0.29) is 4.21 Å². The van der Waals surface area contributed by atoms with E-state index in [1.54, 1.807) is 17.5 Å². The van der Waals surface area contributed by atoms with Crippen molar-refractivity contribution >= 4 is 42.9 Å². The maximum Gasteiger partial charge on any atom is 0.294 e. The van der Waals surface area contributed by atoms with Crippen LogP contribution in [0.3, 0.4) is 0 Å². The molecule has 0 aliphatic heterocycles. The minimum atomic E-state index is -3.63. The first-order valence-corrected chi connectivity index (χ1v) is 9.58. The summed E-state index contributed by atoms with van der Waals surface area (Å²) in [6, 6.07) is 9.35. The number of aryl methyl sites for hydroxylation is 2. The third-order valence-electron chi connectivity index (χ3n) is 3.23. The standard InChI is InChI=1S/C14H14N2O2S3/c1-3-10-6-4-7-11-13(10)16(2)14(20-11)15-21(17,18)12-8-5-9-19-12/h4-9H,3H2,1-2H3. The van der Waals surface area contributed by atoms with Gasteiger partial charge >= 0.3 is 0 Å². The highest BCUT2D eigenvalue weighted by Crippen LogP contribution is 2.22. The van der Waals surface area contributed by atoms with Gasteiger partial charge in [-0.1, -0.05) is 36.5 Å². The number of nitrogens with zero attached hydrogens (tertiary/aromatic N) is 2. The number of thiazole rings is 1. The molecule has 0 fully saturated rings. The fourth-order valence-corrected chi connectivity index (χ4v) is 5.48. The normalized spacial score (nSPS) is 13.1. The Morgan fingerprint density at radius 3 is 2.71 bits per heavy atom. The van der Waals surface area contributed by atoms with Crippen molar-refractivity contribution in [3.05, 3.63) is 46.1 Å². The summed E-state index contributed by atoms with van der Waals surface area (Å²) in [5.41, 5.74) is 2.26. The molecule has 3 aromatic rings. The number of benzene rings is 1. The van der Waals surface area contributed by atoms with Crippen LogP contribution in [0.2, 0.25) is 0 Å². The molecule has 0 atom stereocenters. The van der Waals surface area contributed by atoms with Gasteiger partial charge in [0, 0.05) is 7.05 Å². The first-order valence-electron chi connectivity index (χ1n) is 6.45. The maximum absolute atomic E-state index is 12.3. The second kappa shape index (κ2) is 5.40. The number of para-hydroxylation sites is 1. The molecule has 0 bridgehead atoms. The lowest BCUT2D eigenvalue weighted by atomic mass is 10.1. The molecule has 0 saturated carbocycles. The molecular formula is C14H14N2O2S3. The topological polar surface area (TPSA) is 51.4 Å². The van der Waals surface area contributed by atoms with Gasteiger partial charge in [-0.15, -0.1) is 15.7 Å². The van der Waals surface area contributed by atoms with Crippen molar-refractivity contribution in [2.24, 2.45) is 11.4 Å². The largest absolute Gasteiger partial charge is 0.319 e. The molecule has 0 radical (unpaired) electrons. The number of aromatic nitrogens is 1. The molecule has 1 aromatic carbocycles. The van der Waals surface area contributed by atoms with Crippen LogP contribution in [0, 0.1) is 0 Å². The van der Waals surface area contributed by atoms with Gasteiger partial charge in [0.1, 0.15) is 4.21 Å². The Kier molecular flexibility index (Phi) is 3.73. The SMILES string of the molecule is CCc1cccc2sc(=NS(=O)(=O)c3cccs3)n(C)c12. The second-order valence-electron chi connectivity index (χ2n) is 4.56. The Bertz CT molecular complexity index is 948. The maximum atomic E-state index is 12.3. The molecule has 7 heteroatoms. The number of hydrogen-bond acceptors (Lipinski definition) is 4. The summed E-state index contributed by atoms with van der Waals surface area (Å²) in [7, 11) is -1.76. The lowest BCUT2D eigenvalue weighted by Crippen LogP contribution is -2.13. The Balaban J connectivity index is 2.27. The van der Waals surface area contributed by atoms with E-state index in [4.69, 9.17) is 0 Å². The van der Waals surface area contributed by atoms with Crippen LogP contribution in [0.25, 0.3) is 10.2 Å². The second-order valence-corrected chi connectivity index (χ2v) is 8.35. The number of hydrogen-bond donors (Lipinski definition) is 0. The van der Waals surface area contributed by atoms with Crippen molar-refractivity contribution in [2.45, 2.75) is 17.6 Å². The van der Waals surface area contributed by atoms with Gasteiger partial charge in [-0.25, -0.2) is 0 Å². The Morgan fingerprint density at radius 2 is 2.05 bits per heavy atom. The van der Waals surface area contributed by atoms with Crippen LogP contribution in [0.5, 0.6) is 0 Å². The molecule has 4 nitrogen and oxygen atoms in total. The first-order chi connectivity index (χ1) is 10.0. The number of fused-ring (bicyclic) bond motifs is 1. The van der Waals surface area contributed by atoms with Gasteiger partial charge < -0.3 is 4.57 Å². The smallest absolute Gasteiger partial charge is 0.294 e. The summed E-state index contributed by atoms with van der Waals surface area (Å²) in [4.78, 5) is 0.499. The molecule has 0 spiro atoms. The van der Waals surface area contributed by atoms with Crippen molar-refractivity contribution in [3.63, 3.8) is 0 Å². The van der Waals surface area contributed by atoms with E-state index in [0.29, 0.717) is 4.80 Å². The highest BCUT2D eigenvalue weighted by Gasteiger charge is 2.15. The highest BCUT2D eigenvalue weighted by atomic mass is 32.2. The van der Waals surface area contributed by atoms with Gasteiger partial charge in [0.25, 0.3) is 10.0 Å². The summed E-state index contributed by atoms with van der Waals surface area (Å²) >= 11 is 2.58. The van der Waals surface area contributed by atoms with E-state index in [2.05, 4.69) is 17.4 Å². The third kappa shape index (κ3) is 2.56. The molecule has 2 aromatic heterocycles. The van der Waals surface area contributed by atoms with Crippen LogP contribution >= 0.6 is 22.7 Å². The Labute approximate surface area is 131 Å². The van der Waals surface area contributed by atoms with Crippen LogP contribution < -0.4 is 4.80 Å². The van der Waals surface area contributed by atoms with Crippen molar-refractivity contribution in [2.75, 3.05) is 0 Å². The van der Waals surface area contributed by atoms with E-state index in [1.165, 1.54) is 28.2 Å².